The van der Waals surface area contributed by atoms with Crippen molar-refractivity contribution < 1.29 is 4.79 Å². The minimum atomic E-state index is 0.0954. The number of carbonyl (C=O) groups is 1. The van der Waals surface area contributed by atoms with Crippen LogP contribution < -0.4 is 4.90 Å². The fourth-order valence-electron chi connectivity index (χ4n) is 3.30. The predicted molar refractivity (Wildman–Crippen MR) is 89.7 cm³/mol. The van der Waals surface area contributed by atoms with Crippen molar-refractivity contribution in [2.45, 2.75) is 26.3 Å². The zero-order valence-electron chi connectivity index (χ0n) is 12.8. The zero-order chi connectivity index (χ0) is 15.4. The summed E-state index contributed by atoms with van der Waals surface area (Å²) in [5.74, 6) is 0.0954. The summed E-state index contributed by atoms with van der Waals surface area (Å²) in [5.41, 5.74) is 3.28. The number of aryl methyl sites for hydroxylation is 2. The average molecular weight is 311 g/mol. The number of aromatic nitrogens is 2. The Morgan fingerprint density at radius 1 is 1.36 bits per heavy atom. The monoisotopic (exact) mass is 311 g/mol. The molecule has 0 bridgehead atoms. The molecular weight excluding hydrogens is 294 g/mol. The molecule has 3 heterocycles. The number of para-hydroxylation sites is 1. The van der Waals surface area contributed by atoms with Crippen LogP contribution in [0.4, 0.5) is 5.69 Å². The number of fused-ring (bicyclic) bond motifs is 2. The number of thiophene rings is 1. The summed E-state index contributed by atoms with van der Waals surface area (Å²) in [5, 5.41) is 5.48. The first-order valence-electron chi connectivity index (χ1n) is 7.41. The van der Waals surface area contributed by atoms with E-state index in [1.54, 1.807) is 0 Å². The number of amides is 1. The van der Waals surface area contributed by atoms with Gasteiger partial charge in [-0.25, -0.2) is 0 Å². The molecule has 0 unspecified atom stereocenters. The highest BCUT2D eigenvalue weighted by Gasteiger charge is 2.32. The molecule has 1 amide bonds. The summed E-state index contributed by atoms with van der Waals surface area (Å²) in [6, 6.07) is 10.4. The molecule has 0 spiro atoms. The van der Waals surface area contributed by atoms with Gasteiger partial charge >= 0.3 is 0 Å². The number of hydrogen-bond donors (Lipinski definition) is 0. The van der Waals surface area contributed by atoms with Gasteiger partial charge in [-0.15, -0.1) is 11.3 Å². The Hall–Kier alpha value is -2.14. The van der Waals surface area contributed by atoms with Crippen LogP contribution in [-0.2, 0) is 13.5 Å². The van der Waals surface area contributed by atoms with Crippen molar-refractivity contribution >= 4 is 33.1 Å². The quantitative estimate of drug-likeness (QED) is 0.689. The molecule has 1 aromatic carbocycles. The van der Waals surface area contributed by atoms with E-state index in [-0.39, 0.29) is 11.9 Å². The molecule has 1 atom stereocenters. The number of rotatable bonds is 1. The molecule has 0 aliphatic carbocycles. The molecule has 2 aromatic heterocycles. The molecular formula is C17H17N3OS. The van der Waals surface area contributed by atoms with Gasteiger partial charge in [-0.1, -0.05) is 18.2 Å². The van der Waals surface area contributed by atoms with Crippen molar-refractivity contribution in [3.8, 4) is 0 Å². The lowest BCUT2D eigenvalue weighted by atomic mass is 10.1. The molecule has 1 aliphatic heterocycles. The Morgan fingerprint density at radius 2 is 2.14 bits per heavy atom. The fourth-order valence-corrected chi connectivity index (χ4v) is 4.36. The van der Waals surface area contributed by atoms with Gasteiger partial charge in [0.1, 0.15) is 4.83 Å². The minimum Gasteiger partial charge on any atom is -0.304 e. The molecule has 0 N–H and O–H groups in total. The van der Waals surface area contributed by atoms with E-state index in [0.29, 0.717) is 0 Å². The second-order valence-electron chi connectivity index (χ2n) is 5.90. The van der Waals surface area contributed by atoms with Crippen LogP contribution in [0.25, 0.3) is 10.2 Å². The lowest BCUT2D eigenvalue weighted by molar-refractivity contribution is 0.0985. The maximum atomic E-state index is 13.0. The van der Waals surface area contributed by atoms with Gasteiger partial charge in [0.2, 0.25) is 0 Å². The molecule has 22 heavy (non-hydrogen) atoms. The van der Waals surface area contributed by atoms with Gasteiger partial charge in [0.15, 0.2) is 0 Å². The Morgan fingerprint density at radius 3 is 2.91 bits per heavy atom. The van der Waals surface area contributed by atoms with Gasteiger partial charge in [-0.05, 0) is 38.0 Å². The summed E-state index contributed by atoms with van der Waals surface area (Å²) >= 11 is 1.53. The van der Waals surface area contributed by atoms with Crippen LogP contribution in [0, 0.1) is 6.92 Å². The van der Waals surface area contributed by atoms with Crippen molar-refractivity contribution in [3.63, 3.8) is 0 Å². The topological polar surface area (TPSA) is 38.1 Å². The maximum Gasteiger partial charge on any atom is 0.268 e. The summed E-state index contributed by atoms with van der Waals surface area (Å²) < 4.78 is 1.85. The first-order chi connectivity index (χ1) is 10.6. The van der Waals surface area contributed by atoms with Crippen LogP contribution >= 0.6 is 11.3 Å². The molecule has 4 nitrogen and oxygen atoms in total. The van der Waals surface area contributed by atoms with E-state index in [1.807, 2.05) is 47.8 Å². The first-order valence-corrected chi connectivity index (χ1v) is 8.22. The van der Waals surface area contributed by atoms with E-state index in [2.05, 4.69) is 18.1 Å². The number of hydrogen-bond acceptors (Lipinski definition) is 3. The Bertz CT molecular complexity index is 858. The molecule has 112 valence electrons. The van der Waals surface area contributed by atoms with Gasteiger partial charge in [0.05, 0.1) is 10.6 Å². The number of anilines is 1. The molecule has 0 fully saturated rings. The molecule has 0 saturated heterocycles. The Balaban J connectivity index is 1.79. The Kier molecular flexibility index (Phi) is 2.87. The lowest BCUT2D eigenvalue weighted by Gasteiger charge is -2.21. The second-order valence-corrected chi connectivity index (χ2v) is 6.93. The number of nitrogens with zero attached hydrogens (tertiary/aromatic N) is 3. The average Bonchev–Trinajstić information content (AvgIpc) is 3.13. The van der Waals surface area contributed by atoms with E-state index in [1.165, 1.54) is 16.9 Å². The lowest BCUT2D eigenvalue weighted by Crippen LogP contribution is -2.35. The highest BCUT2D eigenvalue weighted by Crippen LogP contribution is 2.35. The summed E-state index contributed by atoms with van der Waals surface area (Å²) in [6.45, 7) is 4.09. The van der Waals surface area contributed by atoms with Gasteiger partial charge in [-0.3, -0.25) is 9.48 Å². The number of carbonyl (C=O) groups excluding carboxylic acids is 1. The highest BCUT2D eigenvalue weighted by molar-refractivity contribution is 7.20. The number of benzene rings is 1. The van der Waals surface area contributed by atoms with Crippen LogP contribution in [0.2, 0.25) is 0 Å². The van der Waals surface area contributed by atoms with E-state index >= 15 is 0 Å². The van der Waals surface area contributed by atoms with Crippen LogP contribution in [0.1, 0.15) is 27.9 Å². The van der Waals surface area contributed by atoms with Crippen molar-refractivity contribution in [2.24, 2.45) is 7.05 Å². The molecule has 1 aliphatic rings. The first kappa shape index (κ1) is 13.5. The van der Waals surface area contributed by atoms with Crippen molar-refractivity contribution in [2.75, 3.05) is 4.90 Å². The van der Waals surface area contributed by atoms with Crippen molar-refractivity contribution in [1.29, 1.82) is 0 Å². The third-order valence-corrected chi connectivity index (χ3v) is 5.52. The van der Waals surface area contributed by atoms with E-state index in [0.717, 1.165) is 32.9 Å². The molecule has 0 saturated carbocycles. The summed E-state index contributed by atoms with van der Waals surface area (Å²) in [7, 11) is 1.92. The highest BCUT2D eigenvalue weighted by atomic mass is 32.1. The summed E-state index contributed by atoms with van der Waals surface area (Å²) in [4.78, 5) is 16.8. The maximum absolute atomic E-state index is 13.0. The molecule has 3 aromatic rings. The van der Waals surface area contributed by atoms with Crippen LogP contribution in [0.3, 0.4) is 0 Å². The van der Waals surface area contributed by atoms with Gasteiger partial charge in [0.25, 0.3) is 5.91 Å². The second kappa shape index (κ2) is 4.68. The van der Waals surface area contributed by atoms with Crippen molar-refractivity contribution in [3.05, 3.63) is 46.5 Å². The normalized spacial score (nSPS) is 17.2. The van der Waals surface area contributed by atoms with E-state index in [4.69, 9.17) is 0 Å². The molecule has 4 rings (SSSR count). The van der Waals surface area contributed by atoms with Gasteiger partial charge < -0.3 is 4.90 Å². The third kappa shape index (κ3) is 1.82. The fraction of sp³-hybridized carbons (Fsp3) is 0.294. The van der Waals surface area contributed by atoms with Crippen LogP contribution in [0.15, 0.2) is 30.3 Å². The van der Waals surface area contributed by atoms with Crippen LogP contribution in [0.5, 0.6) is 0 Å². The molecule has 0 radical (unpaired) electrons. The van der Waals surface area contributed by atoms with E-state index < -0.39 is 0 Å². The van der Waals surface area contributed by atoms with E-state index in [9.17, 15) is 4.79 Å². The minimum absolute atomic E-state index is 0.0954. The van der Waals surface area contributed by atoms with Crippen molar-refractivity contribution in [1.82, 2.24) is 9.78 Å². The molecule has 5 heteroatoms. The Labute approximate surface area is 133 Å². The van der Waals surface area contributed by atoms with Gasteiger partial charge in [0, 0.05) is 24.2 Å². The van der Waals surface area contributed by atoms with Crippen LogP contribution in [-0.4, -0.2) is 21.7 Å². The largest absolute Gasteiger partial charge is 0.304 e. The smallest absolute Gasteiger partial charge is 0.268 e. The third-order valence-electron chi connectivity index (χ3n) is 4.33. The summed E-state index contributed by atoms with van der Waals surface area (Å²) in [6.07, 6.45) is 0.924. The predicted octanol–water partition coefficient (Wildman–Crippen LogP) is 3.53. The van der Waals surface area contributed by atoms with Gasteiger partial charge in [-0.2, -0.15) is 5.10 Å². The standard InChI is InChI=1S/C17H17N3OS/c1-10-8-12-6-4-5-7-14(12)20(10)16(21)15-9-13-11(2)18-19(3)17(13)22-15/h4-7,9-10H,8H2,1-3H3/t10-/m0/s1. The SMILES string of the molecule is Cc1nn(C)c2sc(C(=O)N3c4ccccc4C[C@@H]3C)cc12. The zero-order valence-corrected chi connectivity index (χ0v) is 13.6.